The number of carbonyl (C=O) groups is 1. The van der Waals surface area contributed by atoms with Gasteiger partial charge in [0.2, 0.25) is 0 Å². The molecule has 0 bridgehead atoms. The van der Waals surface area contributed by atoms with E-state index in [1.807, 2.05) is 0 Å². The third-order valence-electron chi connectivity index (χ3n) is 0.437. The fourth-order valence-corrected chi connectivity index (χ4v) is 0.180. The summed E-state index contributed by atoms with van der Waals surface area (Å²) in [5.41, 5.74) is 0. The predicted octanol–water partition coefficient (Wildman–Crippen LogP) is 0.153. The van der Waals surface area contributed by atoms with Crippen molar-refractivity contribution >= 4 is 6.29 Å². The van der Waals surface area contributed by atoms with Crippen molar-refractivity contribution in [2.75, 3.05) is 13.7 Å². The van der Waals surface area contributed by atoms with Gasteiger partial charge in [0.25, 0.3) is 0 Å². The second-order valence-electron chi connectivity index (χ2n) is 0.944. The molecule has 0 saturated heterocycles. The Balaban J connectivity index is 2.56. The first kappa shape index (κ1) is 6.59. The van der Waals surface area contributed by atoms with Crippen molar-refractivity contribution in [1.82, 2.24) is 0 Å². The van der Waals surface area contributed by atoms with Crippen molar-refractivity contribution in [3.8, 4) is 0 Å². The molecule has 0 unspecified atom stereocenters. The zero-order valence-corrected chi connectivity index (χ0v) is 4.22. The Kier molecular flexibility index (Phi) is 5.26. The molecule has 0 aliphatic heterocycles. The maximum absolute atomic E-state index is 9.54. The molecule has 3 heteroatoms. The van der Waals surface area contributed by atoms with Crippen molar-refractivity contribution in [2.45, 2.75) is 6.42 Å². The van der Waals surface area contributed by atoms with Gasteiger partial charge in [0.05, 0.1) is 13.7 Å². The molecule has 0 heterocycles. The van der Waals surface area contributed by atoms with Crippen LogP contribution >= 0.6 is 0 Å². The van der Waals surface area contributed by atoms with Crippen molar-refractivity contribution in [3.05, 3.63) is 0 Å². The first-order valence-electron chi connectivity index (χ1n) is 2.01. The Morgan fingerprint density at radius 3 is 2.86 bits per heavy atom. The SMILES string of the molecule is COOCCC=O. The van der Waals surface area contributed by atoms with Crippen LogP contribution in [-0.4, -0.2) is 20.0 Å². The van der Waals surface area contributed by atoms with Gasteiger partial charge in [-0.2, -0.15) is 0 Å². The van der Waals surface area contributed by atoms with Crippen molar-refractivity contribution in [3.63, 3.8) is 0 Å². The van der Waals surface area contributed by atoms with Crippen LogP contribution in [0.25, 0.3) is 0 Å². The van der Waals surface area contributed by atoms with E-state index < -0.39 is 0 Å². The molecule has 0 fully saturated rings. The maximum Gasteiger partial charge on any atom is 0.122 e. The highest BCUT2D eigenvalue weighted by Crippen LogP contribution is 1.74. The molecule has 0 radical (unpaired) electrons. The van der Waals surface area contributed by atoms with Gasteiger partial charge in [0.15, 0.2) is 0 Å². The second kappa shape index (κ2) is 5.59. The smallest absolute Gasteiger partial charge is 0.122 e. The average molecular weight is 104 g/mol. The van der Waals surface area contributed by atoms with Crippen LogP contribution in [0.4, 0.5) is 0 Å². The highest BCUT2D eigenvalue weighted by Gasteiger charge is 1.79. The first-order chi connectivity index (χ1) is 3.41. The Bertz CT molecular complexity index is 44.2. The highest BCUT2D eigenvalue weighted by atomic mass is 17.2. The van der Waals surface area contributed by atoms with E-state index in [-0.39, 0.29) is 0 Å². The van der Waals surface area contributed by atoms with E-state index in [1.54, 1.807) is 0 Å². The minimum absolute atomic E-state index is 0.347. The number of hydrogen-bond donors (Lipinski definition) is 0. The highest BCUT2D eigenvalue weighted by molar-refractivity contribution is 5.49. The summed E-state index contributed by atoms with van der Waals surface area (Å²) in [6, 6.07) is 0. The van der Waals surface area contributed by atoms with Gasteiger partial charge in [-0.25, -0.2) is 9.78 Å². The third kappa shape index (κ3) is 5.59. The maximum atomic E-state index is 9.54. The van der Waals surface area contributed by atoms with Crippen LogP contribution in [0, 0.1) is 0 Å². The minimum atomic E-state index is 0.347. The number of hydrogen-bond acceptors (Lipinski definition) is 3. The van der Waals surface area contributed by atoms with E-state index >= 15 is 0 Å². The third-order valence-corrected chi connectivity index (χ3v) is 0.437. The summed E-state index contributed by atoms with van der Waals surface area (Å²) in [4.78, 5) is 18.1. The zero-order chi connectivity index (χ0) is 5.54. The Morgan fingerprint density at radius 2 is 2.43 bits per heavy atom. The molecular formula is C4H8O3. The van der Waals surface area contributed by atoms with Crippen LogP contribution in [0.2, 0.25) is 0 Å². The molecule has 0 aromatic carbocycles. The van der Waals surface area contributed by atoms with Crippen molar-refractivity contribution in [1.29, 1.82) is 0 Å². The van der Waals surface area contributed by atoms with Gasteiger partial charge in [-0.1, -0.05) is 0 Å². The molecule has 0 spiro atoms. The van der Waals surface area contributed by atoms with Crippen molar-refractivity contribution in [2.24, 2.45) is 0 Å². The van der Waals surface area contributed by atoms with Crippen LogP contribution in [0.1, 0.15) is 6.42 Å². The van der Waals surface area contributed by atoms with Crippen LogP contribution in [0.3, 0.4) is 0 Å². The van der Waals surface area contributed by atoms with Gasteiger partial charge >= 0.3 is 0 Å². The summed E-state index contributed by atoms with van der Waals surface area (Å²) in [5.74, 6) is 0. The molecule has 0 aromatic heterocycles. The fraction of sp³-hybridized carbons (Fsp3) is 0.750. The number of aldehydes is 1. The molecule has 0 aliphatic rings. The molecule has 0 amide bonds. The molecule has 0 rings (SSSR count). The topological polar surface area (TPSA) is 35.5 Å². The van der Waals surface area contributed by atoms with Crippen LogP contribution in [0.15, 0.2) is 0 Å². The van der Waals surface area contributed by atoms with E-state index in [4.69, 9.17) is 0 Å². The Labute approximate surface area is 42.2 Å². The lowest BCUT2D eigenvalue weighted by atomic mass is 10.5. The molecule has 42 valence electrons. The number of carbonyl (C=O) groups excluding carboxylic acids is 1. The Morgan fingerprint density at radius 1 is 1.71 bits per heavy atom. The van der Waals surface area contributed by atoms with Gasteiger partial charge in [-0.15, -0.1) is 0 Å². The molecular weight excluding hydrogens is 96.0 g/mol. The summed E-state index contributed by atoms with van der Waals surface area (Å²) in [6.07, 6.45) is 1.17. The van der Waals surface area contributed by atoms with Gasteiger partial charge in [-0.05, 0) is 0 Å². The molecule has 0 aliphatic carbocycles. The molecule has 3 nitrogen and oxygen atoms in total. The van der Waals surface area contributed by atoms with Crippen LogP contribution in [-0.2, 0) is 14.6 Å². The standard InChI is InChI=1S/C4H8O3/c1-6-7-4-2-3-5/h3H,2,4H2,1H3. The largest absolute Gasteiger partial charge is 0.303 e. The van der Waals surface area contributed by atoms with Gasteiger partial charge in [0.1, 0.15) is 6.29 Å². The van der Waals surface area contributed by atoms with Gasteiger partial charge in [-0.3, -0.25) is 0 Å². The monoisotopic (exact) mass is 104 g/mol. The van der Waals surface area contributed by atoms with Crippen molar-refractivity contribution < 1.29 is 14.6 Å². The van der Waals surface area contributed by atoms with Crippen LogP contribution < -0.4 is 0 Å². The minimum Gasteiger partial charge on any atom is -0.303 e. The van der Waals surface area contributed by atoms with E-state index in [0.717, 1.165) is 6.29 Å². The molecule has 0 aromatic rings. The van der Waals surface area contributed by atoms with E-state index in [9.17, 15) is 4.79 Å². The van der Waals surface area contributed by atoms with E-state index in [1.165, 1.54) is 7.11 Å². The molecule has 0 atom stereocenters. The quantitative estimate of drug-likeness (QED) is 0.220. The summed E-state index contributed by atoms with van der Waals surface area (Å²) in [6.45, 7) is 0.347. The summed E-state index contributed by atoms with van der Waals surface area (Å²) in [7, 11) is 1.41. The lowest BCUT2D eigenvalue weighted by molar-refractivity contribution is -0.271. The summed E-state index contributed by atoms with van der Waals surface area (Å²) < 4.78 is 0. The summed E-state index contributed by atoms with van der Waals surface area (Å²) in [5, 5.41) is 0. The first-order valence-corrected chi connectivity index (χ1v) is 2.01. The lowest BCUT2D eigenvalue weighted by Crippen LogP contribution is -1.91. The average Bonchev–Trinajstić information content (AvgIpc) is 1.69. The zero-order valence-electron chi connectivity index (χ0n) is 4.22. The fourth-order valence-electron chi connectivity index (χ4n) is 0.180. The normalized spacial score (nSPS) is 8.71. The molecule has 0 N–H and O–H groups in total. The molecule has 0 saturated carbocycles. The molecule has 7 heavy (non-hydrogen) atoms. The predicted molar refractivity (Wildman–Crippen MR) is 23.6 cm³/mol. The van der Waals surface area contributed by atoms with Crippen LogP contribution in [0.5, 0.6) is 0 Å². The van der Waals surface area contributed by atoms with E-state index in [2.05, 4.69) is 9.78 Å². The second-order valence-corrected chi connectivity index (χ2v) is 0.944. The van der Waals surface area contributed by atoms with Gasteiger partial charge in [0, 0.05) is 6.42 Å². The lowest BCUT2D eigenvalue weighted by Gasteiger charge is -1.90. The summed E-state index contributed by atoms with van der Waals surface area (Å²) >= 11 is 0. The Hall–Kier alpha value is -0.410. The van der Waals surface area contributed by atoms with Gasteiger partial charge < -0.3 is 4.79 Å². The van der Waals surface area contributed by atoms with E-state index in [0.29, 0.717) is 13.0 Å². The number of rotatable bonds is 4.